The molecule has 1 aliphatic rings. The highest BCUT2D eigenvalue weighted by Gasteiger charge is 2.33. The molecule has 2 aromatic rings. The second-order valence-electron chi connectivity index (χ2n) is 6.59. The van der Waals surface area contributed by atoms with E-state index in [2.05, 4.69) is 33.9 Å². The molecule has 138 valence electrons. The van der Waals surface area contributed by atoms with Crippen LogP contribution in [0.5, 0.6) is 0 Å². The average Bonchev–Trinajstić information content (AvgIpc) is 3.07. The minimum Gasteiger partial charge on any atom is -0.367 e. The molecule has 26 heavy (non-hydrogen) atoms. The molecular weight excluding hydrogens is 333 g/mol. The number of anilines is 1. The second-order valence-corrected chi connectivity index (χ2v) is 6.59. The molecule has 1 heterocycles. The van der Waals surface area contributed by atoms with Gasteiger partial charge in [-0.05, 0) is 61.7 Å². The first-order valence-corrected chi connectivity index (χ1v) is 8.60. The van der Waals surface area contributed by atoms with Crippen LogP contribution in [-0.4, -0.2) is 18.1 Å². The Labute approximate surface area is 152 Å². The second kappa shape index (κ2) is 7.82. The number of hydrogen-bond acceptors (Lipinski definition) is 5. The number of carbonyl (C=O) groups excluding carboxylic acids is 1. The van der Waals surface area contributed by atoms with E-state index in [1.165, 1.54) is 23.3 Å². The van der Waals surface area contributed by atoms with Crippen molar-refractivity contribution in [3.63, 3.8) is 0 Å². The van der Waals surface area contributed by atoms with Crippen LogP contribution in [0.25, 0.3) is 0 Å². The van der Waals surface area contributed by atoms with Gasteiger partial charge in [-0.15, -0.1) is 0 Å². The van der Waals surface area contributed by atoms with Crippen LogP contribution >= 0.6 is 0 Å². The van der Waals surface area contributed by atoms with Crippen LogP contribution < -0.4 is 27.0 Å². The van der Waals surface area contributed by atoms with Crippen molar-refractivity contribution >= 4 is 11.6 Å². The Hall–Kier alpha value is -2.48. The fourth-order valence-corrected chi connectivity index (χ4v) is 2.85. The molecule has 0 aliphatic carbocycles. The molecule has 3 unspecified atom stereocenters. The zero-order valence-corrected chi connectivity index (χ0v) is 15.1. The molecule has 1 amide bonds. The van der Waals surface area contributed by atoms with Crippen molar-refractivity contribution < 1.29 is 9.18 Å². The smallest absolute Gasteiger partial charge is 0.242 e. The summed E-state index contributed by atoms with van der Waals surface area (Å²) in [5.74, 6) is -0.462. The van der Waals surface area contributed by atoms with Crippen molar-refractivity contribution in [2.75, 3.05) is 5.32 Å². The molecule has 2 aromatic carbocycles. The van der Waals surface area contributed by atoms with Crippen LogP contribution in [0.4, 0.5) is 10.1 Å². The van der Waals surface area contributed by atoms with Gasteiger partial charge in [-0.2, -0.15) is 5.53 Å². The Morgan fingerprint density at radius 2 is 1.81 bits per heavy atom. The van der Waals surface area contributed by atoms with E-state index in [4.69, 9.17) is 0 Å². The van der Waals surface area contributed by atoms with Crippen LogP contribution in [0.1, 0.15) is 29.7 Å². The molecule has 1 saturated heterocycles. The monoisotopic (exact) mass is 357 g/mol. The van der Waals surface area contributed by atoms with E-state index in [0.29, 0.717) is 0 Å². The zero-order chi connectivity index (χ0) is 18.7. The molecule has 0 aromatic heterocycles. The number of aryl methyl sites for hydroxylation is 2. The van der Waals surface area contributed by atoms with Gasteiger partial charge in [0.25, 0.3) is 0 Å². The van der Waals surface area contributed by atoms with Gasteiger partial charge in [-0.25, -0.2) is 15.2 Å². The predicted molar refractivity (Wildman–Crippen MR) is 99.5 cm³/mol. The van der Waals surface area contributed by atoms with Gasteiger partial charge in [0.15, 0.2) is 0 Å². The Bertz CT molecular complexity index is 780. The molecule has 5 N–H and O–H groups in total. The lowest BCUT2D eigenvalue weighted by atomic mass is 10.1. The van der Waals surface area contributed by atoms with Crippen LogP contribution in [0.15, 0.2) is 42.5 Å². The molecule has 6 nitrogen and oxygen atoms in total. The summed E-state index contributed by atoms with van der Waals surface area (Å²) < 4.78 is 13.0. The Morgan fingerprint density at radius 3 is 2.50 bits per heavy atom. The predicted octanol–water partition coefficient (Wildman–Crippen LogP) is 2.04. The number of hydrogen-bond donors (Lipinski definition) is 5. The van der Waals surface area contributed by atoms with Crippen LogP contribution in [0.2, 0.25) is 0 Å². The SMILES string of the molecule is Cc1ccc(NC2NNNC2C(=O)NC(C)c2ccc(F)cc2)cc1C. The summed E-state index contributed by atoms with van der Waals surface area (Å²) in [5, 5.41) is 6.26. The van der Waals surface area contributed by atoms with Gasteiger partial charge in [0.05, 0.1) is 6.04 Å². The zero-order valence-electron chi connectivity index (χ0n) is 15.1. The summed E-state index contributed by atoms with van der Waals surface area (Å²) in [6.07, 6.45) is -0.322. The fourth-order valence-electron chi connectivity index (χ4n) is 2.85. The first-order chi connectivity index (χ1) is 12.4. The molecule has 0 radical (unpaired) electrons. The minimum atomic E-state index is -0.514. The lowest BCUT2D eigenvalue weighted by molar-refractivity contribution is -0.123. The molecule has 0 bridgehead atoms. The van der Waals surface area contributed by atoms with Crippen LogP contribution in [0.3, 0.4) is 0 Å². The Balaban J connectivity index is 1.64. The van der Waals surface area contributed by atoms with Gasteiger partial charge in [0.1, 0.15) is 18.0 Å². The first-order valence-electron chi connectivity index (χ1n) is 8.60. The maximum Gasteiger partial charge on any atom is 0.242 e. The molecular formula is C19H24FN5O. The van der Waals surface area contributed by atoms with Crippen molar-refractivity contribution in [2.24, 2.45) is 0 Å². The van der Waals surface area contributed by atoms with Gasteiger partial charge in [0, 0.05) is 5.69 Å². The largest absolute Gasteiger partial charge is 0.367 e. The third kappa shape index (κ3) is 4.19. The van der Waals surface area contributed by atoms with Crippen LogP contribution in [0, 0.1) is 19.7 Å². The van der Waals surface area contributed by atoms with Crippen molar-refractivity contribution in [2.45, 2.75) is 39.0 Å². The summed E-state index contributed by atoms with van der Waals surface area (Å²) in [6.45, 7) is 5.98. The van der Waals surface area contributed by atoms with Crippen molar-refractivity contribution in [1.29, 1.82) is 0 Å². The van der Waals surface area contributed by atoms with E-state index in [1.54, 1.807) is 12.1 Å². The molecule has 0 spiro atoms. The van der Waals surface area contributed by atoms with Gasteiger partial charge in [0.2, 0.25) is 5.91 Å². The lowest BCUT2D eigenvalue weighted by Gasteiger charge is -2.22. The molecule has 7 heteroatoms. The van der Waals surface area contributed by atoms with Crippen molar-refractivity contribution in [3.05, 3.63) is 65.0 Å². The molecule has 1 fully saturated rings. The summed E-state index contributed by atoms with van der Waals surface area (Å²) in [4.78, 5) is 12.6. The number of benzene rings is 2. The Morgan fingerprint density at radius 1 is 1.08 bits per heavy atom. The van der Waals surface area contributed by atoms with E-state index in [1.807, 2.05) is 32.0 Å². The molecule has 3 atom stereocenters. The molecule has 1 aliphatic heterocycles. The summed E-state index contributed by atoms with van der Waals surface area (Å²) >= 11 is 0. The highest BCUT2D eigenvalue weighted by Crippen LogP contribution is 2.17. The van der Waals surface area contributed by atoms with Gasteiger partial charge in [-0.1, -0.05) is 18.2 Å². The first kappa shape index (κ1) is 18.3. The quantitative estimate of drug-likeness (QED) is 0.566. The highest BCUT2D eigenvalue weighted by atomic mass is 19.1. The number of carbonyl (C=O) groups is 1. The standard InChI is InChI=1S/C19H24FN5O/c1-11-4-9-16(10-12(11)2)22-18-17(23-25-24-18)19(26)21-13(3)14-5-7-15(20)8-6-14/h4-10,13,17-18,22-25H,1-3H3,(H,21,26). The van der Waals surface area contributed by atoms with Gasteiger partial charge >= 0.3 is 0 Å². The molecule has 3 rings (SSSR count). The van der Waals surface area contributed by atoms with Crippen molar-refractivity contribution in [1.82, 2.24) is 21.7 Å². The van der Waals surface area contributed by atoms with Crippen molar-refractivity contribution in [3.8, 4) is 0 Å². The summed E-state index contributed by atoms with van der Waals surface area (Å²) in [6, 6.07) is 11.4. The molecule has 0 saturated carbocycles. The maximum absolute atomic E-state index is 13.0. The number of halogens is 1. The van der Waals surface area contributed by atoms with Crippen LogP contribution in [-0.2, 0) is 4.79 Å². The maximum atomic E-state index is 13.0. The number of hydrazine groups is 2. The average molecular weight is 357 g/mol. The minimum absolute atomic E-state index is 0.166. The Kier molecular flexibility index (Phi) is 5.51. The van der Waals surface area contributed by atoms with E-state index >= 15 is 0 Å². The number of rotatable bonds is 5. The third-order valence-corrected chi connectivity index (χ3v) is 4.63. The van der Waals surface area contributed by atoms with E-state index in [9.17, 15) is 9.18 Å². The third-order valence-electron chi connectivity index (χ3n) is 4.63. The lowest BCUT2D eigenvalue weighted by Crippen LogP contribution is -2.50. The number of amides is 1. The highest BCUT2D eigenvalue weighted by molar-refractivity contribution is 5.83. The normalized spacial score (nSPS) is 20.6. The summed E-state index contributed by atoms with van der Waals surface area (Å²) in [5.41, 5.74) is 12.9. The van der Waals surface area contributed by atoms with Gasteiger partial charge < -0.3 is 10.6 Å². The van der Waals surface area contributed by atoms with Gasteiger partial charge in [-0.3, -0.25) is 4.79 Å². The fraction of sp³-hybridized carbons (Fsp3) is 0.316. The number of nitrogens with one attached hydrogen (secondary N) is 5. The topological polar surface area (TPSA) is 77.2 Å². The van der Waals surface area contributed by atoms with E-state index in [0.717, 1.165) is 11.3 Å². The summed E-state index contributed by atoms with van der Waals surface area (Å²) in [7, 11) is 0. The van der Waals surface area contributed by atoms with E-state index in [-0.39, 0.29) is 23.9 Å². The van der Waals surface area contributed by atoms with E-state index < -0.39 is 6.04 Å².